The predicted octanol–water partition coefficient (Wildman–Crippen LogP) is 3.62. The average Bonchev–Trinajstić information content (AvgIpc) is 2.64. The van der Waals surface area contributed by atoms with Crippen LogP contribution >= 0.6 is 0 Å². The number of nitrogens with zero attached hydrogens (tertiary/aromatic N) is 2. The molecule has 4 heteroatoms. The maximum atomic E-state index is 11.1. The molecule has 0 atom stereocenters. The molecule has 0 unspecified atom stereocenters. The number of hydrogen-bond donors (Lipinski definition) is 1. The largest absolute Gasteiger partial charge is 0.480 e. The number of aliphatic carboxylic acids is 1. The van der Waals surface area contributed by atoms with E-state index >= 15 is 0 Å². The van der Waals surface area contributed by atoms with Crippen molar-refractivity contribution in [2.45, 2.75) is 0 Å². The van der Waals surface area contributed by atoms with Gasteiger partial charge in [-0.15, -0.1) is 0 Å². The molecular formula is C22H19N2O2+. The van der Waals surface area contributed by atoms with Crippen molar-refractivity contribution < 1.29 is 14.5 Å². The predicted molar refractivity (Wildman–Crippen MR) is 104 cm³/mol. The van der Waals surface area contributed by atoms with Crippen molar-refractivity contribution in [2.75, 3.05) is 11.4 Å². The molecule has 4 nitrogen and oxygen atoms in total. The molecule has 0 spiro atoms. The van der Waals surface area contributed by atoms with Gasteiger partial charge < -0.3 is 10.0 Å². The molecule has 0 saturated carbocycles. The molecule has 3 aromatic rings. The summed E-state index contributed by atoms with van der Waals surface area (Å²) in [6.07, 6.45) is 8.02. The van der Waals surface area contributed by atoms with Gasteiger partial charge in [0.05, 0.1) is 5.39 Å². The van der Waals surface area contributed by atoms with Crippen molar-refractivity contribution >= 4 is 34.2 Å². The summed E-state index contributed by atoms with van der Waals surface area (Å²) in [6.45, 7) is -0.0507. The van der Waals surface area contributed by atoms with Crippen molar-refractivity contribution in [3.05, 3.63) is 84.2 Å². The lowest BCUT2D eigenvalue weighted by Gasteiger charge is -2.26. The van der Waals surface area contributed by atoms with Crippen LogP contribution in [0.25, 0.3) is 22.6 Å². The maximum absolute atomic E-state index is 11.1. The van der Waals surface area contributed by atoms with E-state index in [1.807, 2.05) is 55.9 Å². The fourth-order valence-electron chi connectivity index (χ4n) is 3.42. The first-order valence-electron chi connectivity index (χ1n) is 8.48. The zero-order chi connectivity index (χ0) is 18.1. The van der Waals surface area contributed by atoms with Gasteiger partial charge in [0.1, 0.15) is 13.6 Å². The molecule has 0 bridgehead atoms. The molecule has 1 N–H and O–H groups in total. The third-order valence-electron chi connectivity index (χ3n) is 4.64. The molecule has 0 amide bonds. The van der Waals surface area contributed by atoms with Crippen LogP contribution in [0.1, 0.15) is 11.1 Å². The molecule has 2 heterocycles. The van der Waals surface area contributed by atoms with Gasteiger partial charge in [-0.3, -0.25) is 4.79 Å². The molecule has 1 aliphatic heterocycles. The molecule has 2 aromatic carbocycles. The third kappa shape index (κ3) is 2.86. The Hall–Kier alpha value is -3.40. The standard InChI is InChI=1S/C22H18N2O2/c1-23-12-5-8-18-16(6-4-10-20(18)23)14-17-11-13-24(15-22(25)26)21-9-3-2-7-19(17)21/h2-14H,15H2,1H3/p+1. The van der Waals surface area contributed by atoms with Crippen molar-refractivity contribution in [1.82, 2.24) is 0 Å². The third-order valence-corrected chi connectivity index (χ3v) is 4.64. The van der Waals surface area contributed by atoms with Crippen molar-refractivity contribution in [3.8, 4) is 0 Å². The molecule has 1 aliphatic rings. The number of anilines is 1. The minimum absolute atomic E-state index is 0.0507. The molecule has 0 fully saturated rings. The van der Waals surface area contributed by atoms with Crippen LogP contribution in [-0.4, -0.2) is 17.6 Å². The number of para-hydroxylation sites is 1. The van der Waals surface area contributed by atoms with Crippen molar-refractivity contribution in [2.24, 2.45) is 7.05 Å². The SMILES string of the molecule is C[n+]1cccc2c(/C=C3/C=CN(CC(=O)O)c4ccccc43)cccc21. The van der Waals surface area contributed by atoms with Crippen LogP contribution in [0.2, 0.25) is 0 Å². The number of aryl methyl sites for hydroxylation is 1. The number of carboxylic acid groups (broad SMARTS) is 1. The molecule has 128 valence electrons. The Morgan fingerprint density at radius 1 is 1.12 bits per heavy atom. The van der Waals surface area contributed by atoms with E-state index in [9.17, 15) is 4.79 Å². The van der Waals surface area contributed by atoms with E-state index in [-0.39, 0.29) is 6.54 Å². The number of pyridine rings is 1. The van der Waals surface area contributed by atoms with Crippen LogP contribution in [0.15, 0.2) is 73.1 Å². The van der Waals surface area contributed by atoms with Gasteiger partial charge in [0, 0.05) is 29.6 Å². The number of fused-ring (bicyclic) bond motifs is 2. The van der Waals surface area contributed by atoms with E-state index in [0.717, 1.165) is 22.4 Å². The quantitative estimate of drug-likeness (QED) is 0.739. The maximum Gasteiger partial charge on any atom is 0.323 e. The van der Waals surface area contributed by atoms with Crippen LogP contribution in [0.4, 0.5) is 5.69 Å². The Balaban J connectivity index is 1.85. The highest BCUT2D eigenvalue weighted by Crippen LogP contribution is 2.34. The average molecular weight is 343 g/mol. The minimum atomic E-state index is -0.849. The summed E-state index contributed by atoms with van der Waals surface area (Å²) in [6, 6.07) is 18.3. The number of aromatic nitrogens is 1. The van der Waals surface area contributed by atoms with Crippen LogP contribution < -0.4 is 9.47 Å². The summed E-state index contributed by atoms with van der Waals surface area (Å²) in [4.78, 5) is 12.9. The van der Waals surface area contributed by atoms with Gasteiger partial charge in [0.2, 0.25) is 5.52 Å². The monoisotopic (exact) mass is 343 g/mol. The second-order valence-corrected chi connectivity index (χ2v) is 6.35. The van der Waals surface area contributed by atoms with Crippen molar-refractivity contribution in [3.63, 3.8) is 0 Å². The lowest BCUT2D eigenvalue weighted by molar-refractivity contribution is -0.644. The van der Waals surface area contributed by atoms with Gasteiger partial charge in [-0.05, 0) is 35.4 Å². The van der Waals surface area contributed by atoms with Crippen molar-refractivity contribution in [1.29, 1.82) is 0 Å². The van der Waals surface area contributed by atoms with Gasteiger partial charge in [-0.25, -0.2) is 4.57 Å². The molecule has 4 rings (SSSR count). The molecule has 1 aromatic heterocycles. The van der Waals surface area contributed by atoms with Crippen LogP contribution in [0, 0.1) is 0 Å². The summed E-state index contributed by atoms with van der Waals surface area (Å²) in [5.41, 5.74) is 5.33. The Kier molecular flexibility index (Phi) is 4.01. The van der Waals surface area contributed by atoms with Gasteiger partial charge in [0.25, 0.3) is 0 Å². The first kappa shape index (κ1) is 16.1. The molecule has 0 radical (unpaired) electrons. The summed E-state index contributed by atoms with van der Waals surface area (Å²) in [5, 5.41) is 10.3. The number of carbonyl (C=O) groups is 1. The second-order valence-electron chi connectivity index (χ2n) is 6.35. The second kappa shape index (κ2) is 6.48. The summed E-state index contributed by atoms with van der Waals surface area (Å²) < 4.78 is 2.11. The number of hydrogen-bond acceptors (Lipinski definition) is 2. The highest BCUT2D eigenvalue weighted by atomic mass is 16.4. The number of rotatable bonds is 3. The topological polar surface area (TPSA) is 44.4 Å². The fourth-order valence-corrected chi connectivity index (χ4v) is 3.42. The first-order chi connectivity index (χ1) is 12.6. The summed E-state index contributed by atoms with van der Waals surface area (Å²) >= 11 is 0. The zero-order valence-corrected chi connectivity index (χ0v) is 14.5. The summed E-state index contributed by atoms with van der Waals surface area (Å²) in [7, 11) is 2.04. The van der Waals surface area contributed by atoms with Gasteiger partial charge in [-0.1, -0.05) is 30.3 Å². The van der Waals surface area contributed by atoms with Gasteiger partial charge in [-0.2, -0.15) is 0 Å². The first-order valence-corrected chi connectivity index (χ1v) is 8.48. The van der Waals surface area contributed by atoms with Crippen LogP contribution in [0.3, 0.4) is 0 Å². The Bertz CT molecular complexity index is 1070. The molecule has 0 aliphatic carbocycles. The smallest absolute Gasteiger partial charge is 0.323 e. The Morgan fingerprint density at radius 3 is 2.81 bits per heavy atom. The van der Waals surface area contributed by atoms with E-state index in [1.54, 1.807) is 4.90 Å². The fraction of sp³-hybridized carbons (Fsp3) is 0.0909. The minimum Gasteiger partial charge on any atom is -0.480 e. The Labute approximate surface area is 151 Å². The molecule has 26 heavy (non-hydrogen) atoms. The van der Waals surface area contributed by atoms with E-state index in [1.165, 1.54) is 10.9 Å². The lowest BCUT2D eigenvalue weighted by atomic mass is 9.96. The highest BCUT2D eigenvalue weighted by Gasteiger charge is 2.18. The Morgan fingerprint density at radius 2 is 1.96 bits per heavy atom. The molecule has 0 saturated heterocycles. The van der Waals surface area contributed by atoms with Crippen LogP contribution in [-0.2, 0) is 11.8 Å². The summed E-state index contributed by atoms with van der Waals surface area (Å²) in [5.74, 6) is -0.849. The van der Waals surface area contributed by atoms with E-state index in [0.29, 0.717) is 0 Å². The normalized spacial score (nSPS) is 14.7. The highest BCUT2D eigenvalue weighted by molar-refractivity contribution is 5.99. The number of carboxylic acids is 1. The van der Waals surface area contributed by atoms with Gasteiger partial charge >= 0.3 is 5.97 Å². The number of allylic oxidation sites excluding steroid dienone is 2. The van der Waals surface area contributed by atoms with E-state index in [2.05, 4.69) is 34.9 Å². The number of benzene rings is 2. The van der Waals surface area contributed by atoms with Crippen LogP contribution in [0.5, 0.6) is 0 Å². The van der Waals surface area contributed by atoms with E-state index < -0.39 is 5.97 Å². The van der Waals surface area contributed by atoms with Gasteiger partial charge in [0.15, 0.2) is 6.20 Å². The van der Waals surface area contributed by atoms with E-state index in [4.69, 9.17) is 5.11 Å². The molecular weight excluding hydrogens is 324 g/mol. The lowest BCUT2D eigenvalue weighted by Crippen LogP contribution is -2.27. The zero-order valence-electron chi connectivity index (χ0n) is 14.5.